The van der Waals surface area contributed by atoms with Crippen LogP contribution in [0.3, 0.4) is 0 Å². The summed E-state index contributed by atoms with van der Waals surface area (Å²) < 4.78 is 6.90. The Balaban J connectivity index is 0.000000185. The Morgan fingerprint density at radius 3 is 1.52 bits per heavy atom. The van der Waals surface area contributed by atoms with Crippen LogP contribution in [0.2, 0.25) is 5.02 Å². The molecule has 52 heavy (non-hydrogen) atoms. The molecule has 8 aromatic rings. The lowest BCUT2D eigenvalue weighted by Crippen LogP contribution is -1.98. The van der Waals surface area contributed by atoms with E-state index in [-0.39, 0.29) is 14.9 Å². The maximum atomic E-state index is 8.21. The third-order valence-corrected chi connectivity index (χ3v) is 9.73. The van der Waals surface area contributed by atoms with Crippen LogP contribution < -0.4 is 4.65 Å². The van der Waals surface area contributed by atoms with Crippen LogP contribution in [0.25, 0.3) is 54.9 Å². The molecule has 0 aromatic heterocycles. The molecule has 0 amide bonds. The maximum Gasteiger partial charge on any atom is 0.569 e. The zero-order chi connectivity index (χ0) is 34.7. The van der Waals surface area contributed by atoms with Gasteiger partial charge in [-0.05, 0) is 107 Å². The zero-order valence-corrected chi connectivity index (χ0v) is 30.8. The van der Waals surface area contributed by atoms with Gasteiger partial charge in [-0.1, -0.05) is 188 Å². The van der Waals surface area contributed by atoms with Crippen molar-refractivity contribution in [3.8, 4) is 39.1 Å². The summed E-state index contributed by atoms with van der Waals surface area (Å²) in [5.74, 6) is 0.562. The molecule has 0 unspecified atom stereocenters. The van der Waals surface area contributed by atoms with Gasteiger partial charge in [0.05, 0.1) is 0 Å². The highest BCUT2D eigenvalue weighted by Crippen LogP contribution is 2.38. The molecule has 8 aromatic carbocycles. The molecule has 2 nitrogen and oxygen atoms in total. The minimum absolute atomic E-state index is 0. The minimum Gasteiger partial charge on any atom is -0.537 e. The summed E-state index contributed by atoms with van der Waals surface area (Å²) in [5.41, 5.74) is 7.53. The van der Waals surface area contributed by atoms with E-state index < -0.39 is 0 Å². The normalized spacial score (nSPS) is 10.0. The van der Waals surface area contributed by atoms with E-state index in [0.29, 0.717) is 18.5 Å². The number of hydrogen-bond acceptors (Lipinski definition) is 2. The highest BCUT2D eigenvalue weighted by atomic mass is 79.9. The fourth-order valence-electron chi connectivity index (χ4n) is 5.71. The summed E-state index contributed by atoms with van der Waals surface area (Å²) in [7, 11) is 0.628. The topological polar surface area (TPSA) is 29.5 Å². The molecule has 1 radical (unpaired) electrons. The van der Waals surface area contributed by atoms with Crippen LogP contribution in [0.1, 0.15) is 14.9 Å². The molecule has 0 heterocycles. The molecule has 0 bridgehead atoms. The second-order valence-electron chi connectivity index (χ2n) is 11.3. The van der Waals surface area contributed by atoms with Gasteiger partial charge in [-0.2, -0.15) is 0 Å². The maximum absolute atomic E-state index is 8.21. The number of hydrogen-bond donors (Lipinski definition) is 1. The summed E-state index contributed by atoms with van der Waals surface area (Å²) in [6, 6.07) is 62.1. The first-order valence-electron chi connectivity index (χ1n) is 16.0. The third-order valence-electron chi connectivity index (χ3n) is 8.10. The fraction of sp³-hybridized carbons (Fsp3) is 0.0435. The lowest BCUT2D eigenvalue weighted by atomic mass is 9.90. The van der Waals surface area contributed by atoms with Crippen molar-refractivity contribution < 1.29 is 9.68 Å². The molecule has 0 aliphatic rings. The van der Waals surface area contributed by atoms with Crippen LogP contribution in [0, 0.1) is 0 Å². The highest BCUT2D eigenvalue weighted by molar-refractivity contribution is 9.11. The minimum atomic E-state index is 0. The van der Waals surface area contributed by atoms with E-state index in [2.05, 4.69) is 188 Å². The molecule has 259 valence electrons. The summed E-state index contributed by atoms with van der Waals surface area (Å²) in [6.45, 7) is 0. The van der Waals surface area contributed by atoms with Gasteiger partial charge in [-0.25, -0.2) is 0 Å². The predicted molar refractivity (Wildman–Crippen MR) is 233 cm³/mol. The smallest absolute Gasteiger partial charge is 0.537 e. The van der Waals surface area contributed by atoms with Gasteiger partial charge in [-0.15, -0.1) is 0 Å². The van der Waals surface area contributed by atoms with Crippen molar-refractivity contribution in [1.82, 2.24) is 0 Å². The van der Waals surface area contributed by atoms with E-state index in [4.69, 9.17) is 16.6 Å². The highest BCUT2D eigenvalue weighted by Gasteiger charge is 2.11. The van der Waals surface area contributed by atoms with Crippen molar-refractivity contribution in [1.29, 1.82) is 0 Å². The molecule has 8 rings (SSSR count). The number of halogens is 3. The Morgan fingerprint density at radius 1 is 0.462 bits per heavy atom. The lowest BCUT2D eigenvalue weighted by Gasteiger charge is -2.14. The zero-order valence-electron chi connectivity index (χ0n) is 26.9. The first-order chi connectivity index (χ1) is 24.5. The van der Waals surface area contributed by atoms with Gasteiger partial charge in [0.1, 0.15) is 5.75 Å². The molecule has 0 spiro atoms. The Kier molecular flexibility index (Phi) is 15.3. The number of rotatable bonds is 5. The largest absolute Gasteiger partial charge is 0.569 e. The summed E-state index contributed by atoms with van der Waals surface area (Å²) in [6.07, 6.45) is 0. The Morgan fingerprint density at radius 2 is 0.942 bits per heavy atom. The molecule has 0 atom stereocenters. The first-order valence-corrected chi connectivity index (χ1v) is 17.9. The first kappa shape index (κ1) is 40.1. The Bertz CT molecular complexity index is 2300. The van der Waals surface area contributed by atoms with E-state index in [1.165, 1.54) is 59.4 Å². The molecule has 0 aliphatic carbocycles. The van der Waals surface area contributed by atoms with Gasteiger partial charge in [0, 0.05) is 14.0 Å². The van der Waals surface area contributed by atoms with Crippen LogP contribution >= 0.6 is 43.5 Å². The van der Waals surface area contributed by atoms with Crippen LogP contribution in [0.15, 0.2) is 191 Å². The molecular formula is C46H39BBr2ClO2. The monoisotopic (exact) mass is 827 g/mol. The van der Waals surface area contributed by atoms with Gasteiger partial charge in [0.15, 0.2) is 0 Å². The molecule has 0 aliphatic heterocycles. The lowest BCUT2D eigenvalue weighted by molar-refractivity contribution is 0.454. The summed E-state index contributed by atoms with van der Waals surface area (Å²) in [5, 5.41) is 13.9. The second kappa shape index (κ2) is 19.8. The van der Waals surface area contributed by atoms with Crippen LogP contribution in [0.5, 0.6) is 5.75 Å². The van der Waals surface area contributed by atoms with E-state index in [1.807, 2.05) is 6.07 Å². The van der Waals surface area contributed by atoms with Gasteiger partial charge < -0.3 is 9.68 Å². The van der Waals surface area contributed by atoms with Crippen molar-refractivity contribution in [2.45, 2.75) is 14.9 Å². The van der Waals surface area contributed by atoms with Crippen molar-refractivity contribution in [3.05, 3.63) is 196 Å². The average molecular weight is 830 g/mol. The summed E-state index contributed by atoms with van der Waals surface area (Å²) in [4.78, 5) is 0. The van der Waals surface area contributed by atoms with E-state index in [9.17, 15) is 0 Å². The van der Waals surface area contributed by atoms with Gasteiger partial charge in [-0.3, -0.25) is 0 Å². The molecule has 6 heteroatoms. The third kappa shape index (κ3) is 10.0. The fourth-order valence-corrected chi connectivity index (χ4v) is 6.82. The molecule has 0 fully saturated rings. The van der Waals surface area contributed by atoms with Crippen molar-refractivity contribution in [2.75, 3.05) is 0 Å². The number of fused-ring (bicyclic) bond motifs is 2. The Labute approximate surface area is 330 Å². The van der Waals surface area contributed by atoms with Crippen LogP contribution in [0.4, 0.5) is 0 Å². The van der Waals surface area contributed by atoms with Crippen LogP contribution in [-0.2, 0) is 0 Å². The predicted octanol–water partition coefficient (Wildman–Crippen LogP) is 14.7. The van der Waals surface area contributed by atoms with Crippen molar-refractivity contribution in [3.63, 3.8) is 0 Å². The average Bonchev–Trinajstić information content (AvgIpc) is 3.17. The van der Waals surface area contributed by atoms with Crippen molar-refractivity contribution >= 4 is 72.7 Å². The molecule has 0 saturated carbocycles. The number of benzene rings is 8. The van der Waals surface area contributed by atoms with Crippen LogP contribution in [-0.4, -0.2) is 12.7 Å². The van der Waals surface area contributed by atoms with E-state index >= 15 is 0 Å². The van der Waals surface area contributed by atoms with Gasteiger partial charge in [0.2, 0.25) is 0 Å². The van der Waals surface area contributed by atoms with Gasteiger partial charge >= 0.3 is 7.69 Å². The molecule has 0 saturated heterocycles. The van der Waals surface area contributed by atoms with E-state index in [0.717, 1.165) is 4.47 Å². The van der Waals surface area contributed by atoms with Crippen molar-refractivity contribution in [2.24, 2.45) is 0 Å². The quantitative estimate of drug-likeness (QED) is 0.175. The summed E-state index contributed by atoms with van der Waals surface area (Å²) >= 11 is 12.8. The second-order valence-corrected chi connectivity index (χ2v) is 13.4. The van der Waals surface area contributed by atoms with E-state index in [1.54, 1.807) is 24.3 Å². The molecular weight excluding hydrogens is 791 g/mol. The molecule has 1 N–H and O–H groups in total. The van der Waals surface area contributed by atoms with Gasteiger partial charge in [0.25, 0.3) is 0 Å². The Hall–Kier alpha value is -4.65. The standard InChI is InChI=1S/C22H15Br.C16H11Br.C6H5BClO2.2CH4/c23-19-13-10-18(11-14-19)22-20-9-5-4-8-17(20)12-15-21(22)16-6-2-1-3-7-16;17-16-14-9-5-4-8-13(14)10-11-15(16)12-6-2-1-3-7-12;8-5-1-3-6(4-2-5)10-7-9;;/h1-15H;1-11H;1-4,9H;2*1H4. The SMILES string of the molecule is Brc1c(-c2ccccc2)ccc2ccccc12.Brc1ccc(-c2c(-c3ccccc3)ccc3ccccc23)cc1.C.C.O[B]Oc1ccc(Cl)cc1.